The molecule has 0 aliphatic rings. The normalized spacial score (nSPS) is 9.08. The van der Waals surface area contributed by atoms with Crippen LogP contribution in [0.1, 0.15) is 20.7 Å². The molecular weight excluding hydrogens is 158 g/mol. The van der Waals surface area contributed by atoms with Crippen LogP contribution in [0.5, 0.6) is 0 Å². The first-order valence-corrected chi connectivity index (χ1v) is 3.27. The van der Waals surface area contributed by atoms with Gasteiger partial charge >= 0.3 is 5.97 Å². The van der Waals surface area contributed by atoms with Crippen LogP contribution in [0.4, 0.5) is 0 Å². The lowest BCUT2D eigenvalue weighted by Gasteiger charge is -1.99. The van der Waals surface area contributed by atoms with Crippen LogP contribution < -0.4 is 0 Å². The highest BCUT2D eigenvalue weighted by atomic mass is 16.5. The van der Waals surface area contributed by atoms with Crippen molar-refractivity contribution in [3.05, 3.63) is 29.6 Å². The van der Waals surface area contributed by atoms with E-state index in [1.165, 1.54) is 25.6 Å². The molecule has 0 aliphatic heterocycles. The Kier molecular flexibility index (Phi) is 2.53. The van der Waals surface area contributed by atoms with Gasteiger partial charge < -0.3 is 4.74 Å². The summed E-state index contributed by atoms with van der Waals surface area (Å²) in [6.07, 6.45) is 3.32. The summed E-state index contributed by atoms with van der Waals surface area (Å²) < 4.78 is 4.45. The van der Waals surface area contributed by atoms with Gasteiger partial charge in [0, 0.05) is 18.0 Å². The zero-order valence-corrected chi connectivity index (χ0v) is 6.48. The number of hydrogen-bond acceptors (Lipinski definition) is 4. The maximum absolute atomic E-state index is 11.0. The van der Waals surface area contributed by atoms with Gasteiger partial charge in [-0.3, -0.25) is 9.78 Å². The minimum atomic E-state index is -0.528. The standard InChI is InChI=1S/C8H7NO3/c1-12-8(11)7-2-3-9-4-6(7)5-10/h2-5H,1H3. The Balaban J connectivity index is 3.13. The van der Waals surface area contributed by atoms with E-state index in [4.69, 9.17) is 0 Å². The molecule has 1 heterocycles. The van der Waals surface area contributed by atoms with Crippen molar-refractivity contribution in [2.75, 3.05) is 7.11 Å². The van der Waals surface area contributed by atoms with E-state index in [-0.39, 0.29) is 11.1 Å². The van der Waals surface area contributed by atoms with E-state index in [1.54, 1.807) is 0 Å². The van der Waals surface area contributed by atoms with Gasteiger partial charge in [-0.25, -0.2) is 4.79 Å². The van der Waals surface area contributed by atoms with E-state index in [9.17, 15) is 9.59 Å². The number of rotatable bonds is 2. The van der Waals surface area contributed by atoms with Crippen LogP contribution in [-0.2, 0) is 4.74 Å². The number of aldehydes is 1. The molecule has 62 valence electrons. The highest BCUT2D eigenvalue weighted by Gasteiger charge is 2.09. The maximum Gasteiger partial charge on any atom is 0.338 e. The number of aromatic nitrogens is 1. The van der Waals surface area contributed by atoms with E-state index >= 15 is 0 Å². The van der Waals surface area contributed by atoms with Crippen molar-refractivity contribution in [2.24, 2.45) is 0 Å². The van der Waals surface area contributed by atoms with Crippen LogP contribution in [0.25, 0.3) is 0 Å². The Hall–Kier alpha value is -1.71. The second-order valence-electron chi connectivity index (χ2n) is 2.07. The van der Waals surface area contributed by atoms with Gasteiger partial charge in [-0.05, 0) is 6.07 Å². The van der Waals surface area contributed by atoms with Crippen LogP contribution >= 0.6 is 0 Å². The molecule has 0 aromatic carbocycles. The molecule has 0 spiro atoms. The number of carbonyl (C=O) groups is 2. The SMILES string of the molecule is COC(=O)c1ccncc1C=O. The summed E-state index contributed by atoms with van der Waals surface area (Å²) in [5, 5.41) is 0. The number of esters is 1. The Bertz CT molecular complexity index is 309. The molecule has 0 atom stereocenters. The average Bonchev–Trinajstić information content (AvgIpc) is 2.16. The third-order valence-corrected chi connectivity index (χ3v) is 1.38. The monoisotopic (exact) mass is 165 g/mol. The molecule has 0 fully saturated rings. The van der Waals surface area contributed by atoms with Gasteiger partial charge in [-0.1, -0.05) is 0 Å². The number of pyridine rings is 1. The van der Waals surface area contributed by atoms with E-state index in [1.807, 2.05) is 0 Å². The fourth-order valence-corrected chi connectivity index (χ4v) is 0.796. The number of nitrogens with zero attached hydrogens (tertiary/aromatic N) is 1. The molecular formula is C8H7NO3. The second-order valence-corrected chi connectivity index (χ2v) is 2.07. The number of methoxy groups -OCH3 is 1. The molecule has 0 saturated heterocycles. The zero-order chi connectivity index (χ0) is 8.97. The molecule has 4 nitrogen and oxygen atoms in total. The van der Waals surface area contributed by atoms with Crippen molar-refractivity contribution in [1.82, 2.24) is 4.98 Å². The summed E-state index contributed by atoms with van der Waals surface area (Å²) in [4.78, 5) is 25.1. The first kappa shape index (κ1) is 8.39. The fourth-order valence-electron chi connectivity index (χ4n) is 0.796. The van der Waals surface area contributed by atoms with E-state index in [2.05, 4.69) is 9.72 Å². The minimum Gasteiger partial charge on any atom is -0.465 e. The molecule has 0 N–H and O–H groups in total. The van der Waals surface area contributed by atoms with Gasteiger partial charge in [-0.2, -0.15) is 0 Å². The Morgan fingerprint density at radius 1 is 1.67 bits per heavy atom. The molecule has 0 amide bonds. The van der Waals surface area contributed by atoms with Crippen molar-refractivity contribution in [1.29, 1.82) is 0 Å². The highest BCUT2D eigenvalue weighted by Crippen LogP contribution is 2.04. The van der Waals surface area contributed by atoms with Gasteiger partial charge in [0.1, 0.15) is 0 Å². The largest absolute Gasteiger partial charge is 0.465 e. The second kappa shape index (κ2) is 3.61. The molecule has 0 saturated carbocycles. The van der Waals surface area contributed by atoms with Crippen molar-refractivity contribution >= 4 is 12.3 Å². The topological polar surface area (TPSA) is 56.3 Å². The maximum atomic E-state index is 11.0. The van der Waals surface area contributed by atoms with Crippen molar-refractivity contribution in [3.63, 3.8) is 0 Å². The molecule has 0 aliphatic carbocycles. The summed E-state index contributed by atoms with van der Waals surface area (Å²) >= 11 is 0. The van der Waals surface area contributed by atoms with Crippen molar-refractivity contribution in [3.8, 4) is 0 Å². The lowest BCUT2D eigenvalue weighted by atomic mass is 10.1. The Labute approximate surface area is 69.2 Å². The summed E-state index contributed by atoms with van der Waals surface area (Å²) in [5.41, 5.74) is 0.479. The molecule has 1 aromatic rings. The van der Waals surface area contributed by atoms with Gasteiger partial charge in [0.25, 0.3) is 0 Å². The first-order chi connectivity index (χ1) is 5.79. The molecule has 0 radical (unpaired) electrons. The number of hydrogen-bond donors (Lipinski definition) is 0. The molecule has 1 rings (SSSR count). The summed E-state index contributed by atoms with van der Waals surface area (Å²) in [5.74, 6) is -0.528. The molecule has 0 bridgehead atoms. The van der Waals surface area contributed by atoms with Gasteiger partial charge in [0.15, 0.2) is 6.29 Å². The average molecular weight is 165 g/mol. The summed E-state index contributed by atoms with van der Waals surface area (Å²) in [6, 6.07) is 1.44. The summed E-state index contributed by atoms with van der Waals surface area (Å²) in [6.45, 7) is 0. The Morgan fingerprint density at radius 2 is 2.42 bits per heavy atom. The zero-order valence-electron chi connectivity index (χ0n) is 6.48. The van der Waals surface area contributed by atoms with Crippen LogP contribution in [0.2, 0.25) is 0 Å². The van der Waals surface area contributed by atoms with Crippen LogP contribution in [0.3, 0.4) is 0 Å². The highest BCUT2D eigenvalue weighted by molar-refractivity contribution is 5.97. The predicted octanol–water partition coefficient (Wildman–Crippen LogP) is 0.681. The smallest absolute Gasteiger partial charge is 0.338 e. The predicted molar refractivity (Wildman–Crippen MR) is 41.0 cm³/mol. The molecule has 0 unspecified atom stereocenters. The van der Waals surface area contributed by atoms with Crippen LogP contribution in [0.15, 0.2) is 18.5 Å². The van der Waals surface area contributed by atoms with Gasteiger partial charge in [0.05, 0.1) is 12.7 Å². The van der Waals surface area contributed by atoms with Crippen molar-refractivity contribution in [2.45, 2.75) is 0 Å². The minimum absolute atomic E-state index is 0.238. The van der Waals surface area contributed by atoms with E-state index < -0.39 is 5.97 Å². The first-order valence-electron chi connectivity index (χ1n) is 3.27. The number of carbonyl (C=O) groups excluding carboxylic acids is 2. The van der Waals surface area contributed by atoms with Crippen LogP contribution in [0, 0.1) is 0 Å². The molecule has 4 heteroatoms. The summed E-state index contributed by atoms with van der Waals surface area (Å²) in [7, 11) is 1.26. The molecule has 1 aromatic heterocycles. The van der Waals surface area contributed by atoms with Crippen LogP contribution in [-0.4, -0.2) is 24.3 Å². The quantitative estimate of drug-likeness (QED) is 0.477. The molecule has 12 heavy (non-hydrogen) atoms. The fraction of sp³-hybridized carbons (Fsp3) is 0.125. The van der Waals surface area contributed by atoms with E-state index in [0.717, 1.165) is 0 Å². The third-order valence-electron chi connectivity index (χ3n) is 1.38. The van der Waals surface area contributed by atoms with Gasteiger partial charge in [-0.15, -0.1) is 0 Å². The number of ether oxygens (including phenoxy) is 1. The third kappa shape index (κ3) is 1.47. The van der Waals surface area contributed by atoms with Gasteiger partial charge in [0.2, 0.25) is 0 Å². The van der Waals surface area contributed by atoms with Crippen molar-refractivity contribution < 1.29 is 14.3 Å². The lowest BCUT2D eigenvalue weighted by molar-refractivity contribution is 0.0598. The van der Waals surface area contributed by atoms with E-state index in [0.29, 0.717) is 6.29 Å². The lowest BCUT2D eigenvalue weighted by Crippen LogP contribution is -2.05. The Morgan fingerprint density at radius 3 is 3.00 bits per heavy atom.